The minimum absolute atomic E-state index is 0.262. The maximum absolute atomic E-state index is 10.8. The number of pyridine rings is 1. The van der Waals surface area contributed by atoms with Gasteiger partial charge in [-0.3, -0.25) is 4.79 Å². The highest BCUT2D eigenvalue weighted by Crippen LogP contribution is 2.06. The van der Waals surface area contributed by atoms with Gasteiger partial charge in [-0.25, -0.2) is 4.98 Å². The predicted octanol–water partition coefficient (Wildman–Crippen LogP) is 1.57. The number of ketones is 1. The Labute approximate surface area is 68.5 Å². The van der Waals surface area contributed by atoms with Crippen LogP contribution in [-0.4, -0.2) is 17.0 Å². The van der Waals surface area contributed by atoms with Crippen molar-refractivity contribution in [3.05, 3.63) is 29.0 Å². The Bertz CT molecular complexity index is 298. The number of Topliss-reactive ketones (excluding diaryl/α,β-unsaturated/α-hetero) is 1. The fraction of sp³-hybridized carbons (Fsp3) is 0. The summed E-state index contributed by atoms with van der Waals surface area (Å²) in [5.41, 5.74) is 0.389. The maximum Gasteiger partial charge on any atom is 0.203 e. The van der Waals surface area contributed by atoms with Crippen LogP contribution in [-0.2, 0) is 0 Å². The van der Waals surface area contributed by atoms with Gasteiger partial charge in [0.05, 0.1) is 6.21 Å². The molecular formula is C7H5ClN2O. The molecule has 0 aliphatic rings. The number of rotatable bonds is 2. The summed E-state index contributed by atoms with van der Waals surface area (Å²) in [6.07, 6.45) is 2.17. The van der Waals surface area contributed by atoms with Crippen LogP contribution < -0.4 is 0 Å². The van der Waals surface area contributed by atoms with E-state index < -0.39 is 0 Å². The third-order valence-corrected chi connectivity index (χ3v) is 1.35. The summed E-state index contributed by atoms with van der Waals surface area (Å²) in [5.74, 6) is -0.366. The summed E-state index contributed by atoms with van der Waals surface area (Å²) in [6, 6.07) is 2.94. The Morgan fingerprint density at radius 3 is 3.00 bits per heavy atom. The molecule has 0 spiro atoms. The molecule has 0 fully saturated rings. The van der Waals surface area contributed by atoms with Crippen molar-refractivity contribution in [2.45, 2.75) is 0 Å². The lowest BCUT2D eigenvalue weighted by Crippen LogP contribution is -1.98. The van der Waals surface area contributed by atoms with Gasteiger partial charge >= 0.3 is 0 Å². The zero-order valence-electron chi connectivity index (χ0n) is 5.54. The first kappa shape index (κ1) is 7.88. The number of carbonyl (C=O) groups excluding carboxylic acids is 1. The van der Waals surface area contributed by atoms with Crippen LogP contribution in [0.5, 0.6) is 0 Å². The van der Waals surface area contributed by atoms with E-state index in [1.807, 2.05) is 0 Å². The van der Waals surface area contributed by atoms with Crippen LogP contribution in [0.3, 0.4) is 0 Å². The largest absolute Gasteiger partial charge is 0.305 e. The molecule has 0 unspecified atom stereocenters. The SMILES string of the molecule is N=CC(=O)c1ccnc(Cl)c1. The molecule has 1 aromatic rings. The van der Waals surface area contributed by atoms with Gasteiger partial charge in [0.25, 0.3) is 0 Å². The third-order valence-electron chi connectivity index (χ3n) is 1.14. The number of nitrogens with zero attached hydrogens (tertiary/aromatic N) is 1. The first-order chi connectivity index (χ1) is 5.24. The van der Waals surface area contributed by atoms with Gasteiger partial charge in [-0.1, -0.05) is 11.6 Å². The average molecular weight is 169 g/mol. The lowest BCUT2D eigenvalue weighted by Gasteiger charge is -1.92. The monoisotopic (exact) mass is 168 g/mol. The van der Waals surface area contributed by atoms with E-state index in [1.54, 1.807) is 0 Å². The molecule has 56 valence electrons. The van der Waals surface area contributed by atoms with Gasteiger partial charge in [0.15, 0.2) is 0 Å². The summed E-state index contributed by atoms with van der Waals surface area (Å²) in [6.45, 7) is 0. The van der Waals surface area contributed by atoms with Crippen LogP contribution >= 0.6 is 11.6 Å². The van der Waals surface area contributed by atoms with Gasteiger partial charge in [0.2, 0.25) is 5.78 Å². The molecule has 0 bridgehead atoms. The lowest BCUT2D eigenvalue weighted by molar-refractivity contribution is 0.107. The molecule has 1 rings (SSSR count). The fourth-order valence-electron chi connectivity index (χ4n) is 0.639. The van der Waals surface area contributed by atoms with Crippen molar-refractivity contribution in [1.29, 1.82) is 5.41 Å². The topological polar surface area (TPSA) is 53.8 Å². The van der Waals surface area contributed by atoms with Gasteiger partial charge in [-0.2, -0.15) is 0 Å². The maximum atomic E-state index is 10.8. The zero-order chi connectivity index (χ0) is 8.27. The van der Waals surface area contributed by atoms with E-state index in [2.05, 4.69) is 4.98 Å². The summed E-state index contributed by atoms with van der Waals surface area (Å²) < 4.78 is 0. The van der Waals surface area contributed by atoms with Gasteiger partial charge in [-0.05, 0) is 12.1 Å². The first-order valence-corrected chi connectivity index (χ1v) is 3.28. The Kier molecular flexibility index (Phi) is 2.33. The van der Waals surface area contributed by atoms with Crippen molar-refractivity contribution in [3.63, 3.8) is 0 Å². The Hall–Kier alpha value is -1.22. The minimum atomic E-state index is -0.366. The highest BCUT2D eigenvalue weighted by Gasteiger charge is 2.01. The fourth-order valence-corrected chi connectivity index (χ4v) is 0.813. The van der Waals surface area contributed by atoms with E-state index in [0.717, 1.165) is 6.21 Å². The molecule has 0 saturated heterocycles. The molecule has 1 aromatic heterocycles. The van der Waals surface area contributed by atoms with E-state index in [0.29, 0.717) is 5.56 Å². The van der Waals surface area contributed by atoms with Gasteiger partial charge in [-0.15, -0.1) is 0 Å². The number of aromatic nitrogens is 1. The highest BCUT2D eigenvalue weighted by atomic mass is 35.5. The van der Waals surface area contributed by atoms with Crippen LogP contribution in [0.2, 0.25) is 5.15 Å². The molecule has 4 heteroatoms. The molecule has 0 amide bonds. The van der Waals surface area contributed by atoms with Crippen LogP contribution in [0.1, 0.15) is 10.4 Å². The van der Waals surface area contributed by atoms with Crippen molar-refractivity contribution in [2.24, 2.45) is 0 Å². The lowest BCUT2D eigenvalue weighted by atomic mass is 10.2. The number of carbonyl (C=O) groups is 1. The summed E-state index contributed by atoms with van der Waals surface area (Å²) >= 11 is 5.51. The molecule has 0 saturated carbocycles. The molecule has 0 aliphatic carbocycles. The van der Waals surface area contributed by atoms with E-state index in [4.69, 9.17) is 17.0 Å². The Morgan fingerprint density at radius 2 is 2.45 bits per heavy atom. The normalized spacial score (nSPS) is 9.18. The second-order valence-corrected chi connectivity index (χ2v) is 2.26. The van der Waals surface area contributed by atoms with Crippen LogP contribution in [0, 0.1) is 5.41 Å². The second kappa shape index (κ2) is 3.25. The van der Waals surface area contributed by atoms with Crippen LogP contribution in [0.25, 0.3) is 0 Å². The summed E-state index contributed by atoms with van der Waals surface area (Å²) in [5, 5.41) is 6.94. The van der Waals surface area contributed by atoms with Gasteiger partial charge in [0.1, 0.15) is 5.15 Å². The average Bonchev–Trinajstić information content (AvgIpc) is 2.03. The molecule has 11 heavy (non-hydrogen) atoms. The number of hydrogen-bond donors (Lipinski definition) is 1. The number of hydrogen-bond acceptors (Lipinski definition) is 3. The van der Waals surface area contributed by atoms with Crippen molar-refractivity contribution < 1.29 is 4.79 Å². The molecule has 1 heterocycles. The van der Waals surface area contributed by atoms with E-state index in [-0.39, 0.29) is 10.9 Å². The zero-order valence-corrected chi connectivity index (χ0v) is 6.30. The van der Waals surface area contributed by atoms with E-state index >= 15 is 0 Å². The van der Waals surface area contributed by atoms with Gasteiger partial charge in [0, 0.05) is 11.8 Å². The Balaban J connectivity index is 3.05. The molecule has 0 aliphatic heterocycles. The van der Waals surface area contributed by atoms with Crippen molar-refractivity contribution >= 4 is 23.6 Å². The highest BCUT2D eigenvalue weighted by molar-refractivity contribution is 6.35. The third kappa shape index (κ3) is 1.85. The van der Waals surface area contributed by atoms with Crippen LogP contribution in [0.4, 0.5) is 0 Å². The minimum Gasteiger partial charge on any atom is -0.305 e. The first-order valence-electron chi connectivity index (χ1n) is 2.90. The molecular weight excluding hydrogens is 164 g/mol. The molecule has 0 atom stereocenters. The van der Waals surface area contributed by atoms with Crippen LogP contribution in [0.15, 0.2) is 18.3 Å². The molecule has 3 nitrogen and oxygen atoms in total. The standard InChI is InChI=1S/C7H5ClN2O/c8-7-3-5(1-2-10-7)6(11)4-9/h1-4,9H. The van der Waals surface area contributed by atoms with Gasteiger partial charge < -0.3 is 5.41 Å². The number of nitrogens with one attached hydrogen (secondary N) is 1. The molecule has 1 N–H and O–H groups in total. The van der Waals surface area contributed by atoms with E-state index in [1.165, 1.54) is 18.3 Å². The van der Waals surface area contributed by atoms with E-state index in [9.17, 15) is 4.79 Å². The smallest absolute Gasteiger partial charge is 0.203 e. The molecule has 0 radical (unpaired) electrons. The van der Waals surface area contributed by atoms with Crippen molar-refractivity contribution in [1.82, 2.24) is 4.98 Å². The second-order valence-electron chi connectivity index (χ2n) is 1.88. The van der Waals surface area contributed by atoms with Crippen molar-refractivity contribution in [2.75, 3.05) is 0 Å². The Morgan fingerprint density at radius 1 is 1.73 bits per heavy atom. The summed E-state index contributed by atoms with van der Waals surface area (Å²) in [4.78, 5) is 14.5. The quantitative estimate of drug-likeness (QED) is 0.414. The number of halogens is 1. The molecule has 0 aromatic carbocycles. The van der Waals surface area contributed by atoms with Crippen molar-refractivity contribution in [3.8, 4) is 0 Å². The summed E-state index contributed by atoms with van der Waals surface area (Å²) in [7, 11) is 0. The predicted molar refractivity (Wildman–Crippen MR) is 42.4 cm³/mol.